The van der Waals surface area contributed by atoms with Crippen molar-refractivity contribution in [1.82, 2.24) is 4.57 Å². The predicted octanol–water partition coefficient (Wildman–Crippen LogP) is 5.29. The van der Waals surface area contributed by atoms with Gasteiger partial charge in [0.15, 0.2) is 0 Å². The first kappa shape index (κ1) is 18.8. The molecule has 0 spiro atoms. The van der Waals surface area contributed by atoms with Crippen LogP contribution in [0.5, 0.6) is 0 Å². The molecule has 0 radical (unpaired) electrons. The van der Waals surface area contributed by atoms with Crippen LogP contribution in [0.2, 0.25) is 5.02 Å². The van der Waals surface area contributed by atoms with E-state index >= 15 is 0 Å². The topological polar surface area (TPSA) is 71.3 Å². The molecule has 0 aliphatic carbocycles. The van der Waals surface area contributed by atoms with E-state index in [9.17, 15) is 14.7 Å². The molecule has 5 nitrogen and oxygen atoms in total. The zero-order valence-corrected chi connectivity index (χ0v) is 16.1. The summed E-state index contributed by atoms with van der Waals surface area (Å²) in [6, 6.07) is 23.8. The van der Waals surface area contributed by atoms with Crippen molar-refractivity contribution in [2.75, 3.05) is 5.32 Å². The first-order valence-corrected chi connectivity index (χ1v) is 9.37. The summed E-state index contributed by atoms with van der Waals surface area (Å²) < 4.78 is 1.93. The van der Waals surface area contributed by atoms with Crippen LogP contribution in [0, 0.1) is 0 Å². The van der Waals surface area contributed by atoms with Crippen molar-refractivity contribution in [1.29, 1.82) is 0 Å². The number of carboxylic acid groups (broad SMARTS) is 1. The van der Waals surface area contributed by atoms with E-state index < -0.39 is 5.97 Å². The number of benzene rings is 3. The van der Waals surface area contributed by atoms with Crippen molar-refractivity contribution < 1.29 is 14.7 Å². The summed E-state index contributed by atoms with van der Waals surface area (Å²) in [6.07, 6.45) is 0. The summed E-state index contributed by atoms with van der Waals surface area (Å²) in [5.41, 5.74) is 2.57. The minimum absolute atomic E-state index is 0.0587. The number of carbonyl (C=O) groups excluding carboxylic acids is 1. The van der Waals surface area contributed by atoms with Crippen molar-refractivity contribution in [3.63, 3.8) is 0 Å². The van der Waals surface area contributed by atoms with E-state index in [0.29, 0.717) is 17.3 Å². The average Bonchev–Trinajstić information content (AvgIpc) is 3.08. The number of amides is 1. The number of anilines is 1. The predicted molar refractivity (Wildman–Crippen MR) is 114 cm³/mol. The Bertz CT molecular complexity index is 1220. The molecule has 3 aromatic carbocycles. The molecule has 144 valence electrons. The van der Waals surface area contributed by atoms with Gasteiger partial charge in [0.05, 0.1) is 11.3 Å². The summed E-state index contributed by atoms with van der Waals surface area (Å²) in [5.74, 6) is -1.55. The van der Waals surface area contributed by atoms with E-state index in [2.05, 4.69) is 5.32 Å². The van der Waals surface area contributed by atoms with Gasteiger partial charge in [0.25, 0.3) is 5.91 Å². The fourth-order valence-corrected chi connectivity index (χ4v) is 3.50. The van der Waals surface area contributed by atoms with Gasteiger partial charge in [-0.3, -0.25) is 4.79 Å². The van der Waals surface area contributed by atoms with E-state index in [1.165, 1.54) is 12.1 Å². The van der Waals surface area contributed by atoms with Gasteiger partial charge in [-0.15, -0.1) is 0 Å². The van der Waals surface area contributed by atoms with Gasteiger partial charge in [0.1, 0.15) is 5.69 Å². The molecule has 6 heteroatoms. The third-order valence-corrected chi connectivity index (χ3v) is 4.92. The van der Waals surface area contributed by atoms with Crippen molar-refractivity contribution >= 4 is 40.1 Å². The maximum absolute atomic E-state index is 13.1. The van der Waals surface area contributed by atoms with Gasteiger partial charge in [-0.2, -0.15) is 0 Å². The van der Waals surface area contributed by atoms with Crippen molar-refractivity contribution in [3.8, 4) is 0 Å². The van der Waals surface area contributed by atoms with E-state index in [1.807, 2.05) is 65.2 Å². The number of hydrogen-bond acceptors (Lipinski definition) is 2. The van der Waals surface area contributed by atoms with Crippen molar-refractivity contribution in [3.05, 3.63) is 101 Å². The van der Waals surface area contributed by atoms with Crippen LogP contribution in [0.3, 0.4) is 0 Å². The lowest BCUT2D eigenvalue weighted by Gasteiger charge is -2.13. The maximum Gasteiger partial charge on any atom is 0.337 e. The molecule has 1 aromatic heterocycles. The Morgan fingerprint density at radius 3 is 2.41 bits per heavy atom. The Labute approximate surface area is 172 Å². The maximum atomic E-state index is 13.1. The van der Waals surface area contributed by atoms with Crippen LogP contribution in [0.25, 0.3) is 10.9 Å². The molecular weight excluding hydrogens is 388 g/mol. The lowest BCUT2D eigenvalue weighted by Crippen LogP contribution is -2.19. The fraction of sp³-hybridized carbons (Fsp3) is 0.0435. The molecule has 1 heterocycles. The van der Waals surface area contributed by atoms with Gasteiger partial charge in [0.2, 0.25) is 0 Å². The summed E-state index contributed by atoms with van der Waals surface area (Å²) >= 11 is 5.90. The second-order valence-electron chi connectivity index (χ2n) is 6.61. The van der Waals surface area contributed by atoms with E-state index in [-0.39, 0.29) is 17.2 Å². The highest BCUT2D eigenvalue weighted by Gasteiger charge is 2.19. The highest BCUT2D eigenvalue weighted by atomic mass is 35.5. The zero-order valence-electron chi connectivity index (χ0n) is 15.3. The van der Waals surface area contributed by atoms with Gasteiger partial charge in [-0.25, -0.2) is 4.79 Å². The van der Waals surface area contributed by atoms with Crippen LogP contribution < -0.4 is 5.32 Å². The molecule has 29 heavy (non-hydrogen) atoms. The van der Waals surface area contributed by atoms with Gasteiger partial charge in [0, 0.05) is 22.5 Å². The molecule has 0 aliphatic rings. The monoisotopic (exact) mass is 404 g/mol. The molecule has 0 bridgehead atoms. The number of nitrogens with zero attached hydrogens (tertiary/aromatic N) is 1. The molecular formula is C23H17ClN2O3. The number of aromatic nitrogens is 1. The molecule has 0 unspecified atom stereocenters. The molecule has 4 rings (SSSR count). The molecule has 0 saturated carbocycles. The summed E-state index contributed by atoms with van der Waals surface area (Å²) in [4.78, 5) is 24.6. The number of carboxylic acids is 1. The number of fused-ring (bicyclic) bond motifs is 1. The number of rotatable bonds is 5. The lowest BCUT2D eigenvalue weighted by atomic mass is 10.1. The molecule has 0 saturated heterocycles. The van der Waals surface area contributed by atoms with Gasteiger partial charge < -0.3 is 15.0 Å². The summed E-state index contributed by atoms with van der Waals surface area (Å²) in [6.45, 7) is 0.517. The van der Waals surface area contributed by atoms with E-state index in [4.69, 9.17) is 11.6 Å². The largest absolute Gasteiger partial charge is 0.478 e. The van der Waals surface area contributed by atoms with Gasteiger partial charge in [-0.05, 0) is 35.9 Å². The van der Waals surface area contributed by atoms with Crippen LogP contribution in [0.4, 0.5) is 5.69 Å². The SMILES string of the molecule is O=C(O)c1cc(Cl)ccc1NC(=O)c1cc2ccccc2n1Cc1ccccc1. The first-order valence-electron chi connectivity index (χ1n) is 8.99. The van der Waals surface area contributed by atoms with E-state index in [1.54, 1.807) is 6.07 Å². The average molecular weight is 405 g/mol. The quantitative estimate of drug-likeness (QED) is 0.474. The minimum Gasteiger partial charge on any atom is -0.478 e. The minimum atomic E-state index is -1.16. The Hall–Kier alpha value is -3.57. The van der Waals surface area contributed by atoms with Crippen LogP contribution in [0.1, 0.15) is 26.4 Å². The van der Waals surface area contributed by atoms with Gasteiger partial charge >= 0.3 is 5.97 Å². The summed E-state index contributed by atoms with van der Waals surface area (Å²) in [5, 5.41) is 13.4. The van der Waals surface area contributed by atoms with Crippen molar-refractivity contribution in [2.24, 2.45) is 0 Å². The van der Waals surface area contributed by atoms with Crippen LogP contribution >= 0.6 is 11.6 Å². The summed E-state index contributed by atoms with van der Waals surface area (Å²) in [7, 11) is 0. The van der Waals surface area contributed by atoms with Crippen LogP contribution in [0.15, 0.2) is 78.9 Å². The smallest absolute Gasteiger partial charge is 0.337 e. The number of nitrogens with one attached hydrogen (secondary N) is 1. The lowest BCUT2D eigenvalue weighted by molar-refractivity contribution is 0.0698. The first-order chi connectivity index (χ1) is 14.0. The number of aromatic carboxylic acids is 1. The number of halogens is 1. The third kappa shape index (κ3) is 3.86. The van der Waals surface area contributed by atoms with Crippen LogP contribution in [-0.2, 0) is 6.54 Å². The highest BCUT2D eigenvalue weighted by Crippen LogP contribution is 2.25. The van der Waals surface area contributed by atoms with Gasteiger partial charge in [-0.1, -0.05) is 60.1 Å². The molecule has 0 fully saturated rings. The number of para-hydroxylation sites is 1. The Morgan fingerprint density at radius 1 is 0.931 bits per heavy atom. The molecule has 1 amide bonds. The third-order valence-electron chi connectivity index (χ3n) is 4.69. The molecule has 0 atom stereocenters. The normalized spacial score (nSPS) is 10.8. The Morgan fingerprint density at radius 2 is 1.66 bits per heavy atom. The second kappa shape index (κ2) is 7.81. The Kier molecular flexibility index (Phi) is 5.06. The highest BCUT2D eigenvalue weighted by molar-refractivity contribution is 6.31. The van der Waals surface area contributed by atoms with E-state index in [0.717, 1.165) is 16.5 Å². The number of hydrogen-bond donors (Lipinski definition) is 2. The standard InChI is InChI=1S/C23H17ClN2O3/c24-17-10-11-19(18(13-17)23(28)29)25-22(27)21-12-16-8-4-5-9-20(16)26(21)14-15-6-2-1-3-7-15/h1-13H,14H2,(H,25,27)(H,28,29). The molecule has 4 aromatic rings. The Balaban J connectivity index is 1.75. The molecule has 0 aliphatic heterocycles. The second-order valence-corrected chi connectivity index (χ2v) is 7.05. The van der Waals surface area contributed by atoms with Crippen molar-refractivity contribution in [2.45, 2.75) is 6.54 Å². The number of carbonyl (C=O) groups is 2. The fourth-order valence-electron chi connectivity index (χ4n) is 3.32. The zero-order chi connectivity index (χ0) is 20.4. The van der Waals surface area contributed by atoms with Crippen LogP contribution in [-0.4, -0.2) is 21.6 Å². The molecule has 2 N–H and O–H groups in total.